The lowest BCUT2D eigenvalue weighted by Crippen LogP contribution is -2.14. The van der Waals surface area contributed by atoms with Crippen LogP contribution < -0.4 is 4.74 Å². The molecular weight excluding hydrogens is 358 g/mol. The van der Waals surface area contributed by atoms with Crippen molar-refractivity contribution in [2.45, 2.75) is 40.5 Å². The van der Waals surface area contributed by atoms with Crippen molar-refractivity contribution < 1.29 is 4.74 Å². The fourth-order valence-corrected chi connectivity index (χ4v) is 2.68. The molecule has 2 aromatic rings. The SMILES string of the molecule is CCN(C)/C=N\c1cc(-c2ccc(Cl)cc2)c(OCCCC(C)C)nc1C. The van der Waals surface area contributed by atoms with Crippen LogP contribution in [0.3, 0.4) is 0 Å². The van der Waals surface area contributed by atoms with Gasteiger partial charge >= 0.3 is 0 Å². The van der Waals surface area contributed by atoms with E-state index in [1.54, 1.807) is 0 Å². The molecule has 0 aliphatic rings. The molecule has 0 saturated heterocycles. The normalized spacial score (nSPS) is 11.4. The minimum atomic E-state index is 0.654. The van der Waals surface area contributed by atoms with Gasteiger partial charge in [0.05, 0.1) is 24.3 Å². The van der Waals surface area contributed by atoms with Gasteiger partial charge in [-0.1, -0.05) is 37.6 Å². The van der Waals surface area contributed by atoms with Crippen molar-refractivity contribution in [2.75, 3.05) is 20.2 Å². The summed E-state index contributed by atoms with van der Waals surface area (Å²) in [5.41, 5.74) is 3.65. The van der Waals surface area contributed by atoms with Crippen LogP contribution in [-0.4, -0.2) is 36.4 Å². The van der Waals surface area contributed by atoms with Crippen molar-refractivity contribution in [3.05, 3.63) is 41.0 Å². The average molecular weight is 388 g/mol. The van der Waals surface area contributed by atoms with E-state index in [-0.39, 0.29) is 0 Å². The quantitative estimate of drug-likeness (QED) is 0.294. The van der Waals surface area contributed by atoms with Crippen molar-refractivity contribution in [2.24, 2.45) is 10.9 Å². The van der Waals surface area contributed by atoms with Crippen molar-refractivity contribution in [1.29, 1.82) is 0 Å². The van der Waals surface area contributed by atoms with Crippen LogP contribution in [0.15, 0.2) is 35.3 Å². The first-order valence-corrected chi connectivity index (χ1v) is 9.93. The van der Waals surface area contributed by atoms with E-state index in [4.69, 9.17) is 21.3 Å². The molecule has 1 heterocycles. The zero-order valence-corrected chi connectivity index (χ0v) is 17.8. The predicted molar refractivity (Wildman–Crippen MR) is 115 cm³/mol. The molecule has 0 bridgehead atoms. The molecule has 0 atom stereocenters. The molecule has 5 heteroatoms. The van der Waals surface area contributed by atoms with Gasteiger partial charge in [0.1, 0.15) is 0 Å². The number of pyridine rings is 1. The highest BCUT2D eigenvalue weighted by atomic mass is 35.5. The molecular formula is C22H30ClN3O. The highest BCUT2D eigenvalue weighted by molar-refractivity contribution is 6.30. The molecule has 0 spiro atoms. The zero-order chi connectivity index (χ0) is 19.8. The van der Waals surface area contributed by atoms with Crippen molar-refractivity contribution in [3.63, 3.8) is 0 Å². The highest BCUT2D eigenvalue weighted by Gasteiger charge is 2.13. The summed E-state index contributed by atoms with van der Waals surface area (Å²) in [5.74, 6) is 1.33. The fraction of sp³-hybridized carbons (Fsp3) is 0.455. The number of rotatable bonds is 9. The van der Waals surface area contributed by atoms with E-state index in [1.165, 1.54) is 0 Å². The number of aromatic nitrogens is 1. The molecule has 27 heavy (non-hydrogen) atoms. The van der Waals surface area contributed by atoms with Crippen LogP contribution in [0.4, 0.5) is 5.69 Å². The van der Waals surface area contributed by atoms with Gasteiger partial charge in [0.25, 0.3) is 0 Å². The van der Waals surface area contributed by atoms with Crippen LogP contribution in [0.25, 0.3) is 11.1 Å². The number of benzene rings is 1. The van der Waals surface area contributed by atoms with Gasteiger partial charge in [0.15, 0.2) is 0 Å². The number of ether oxygens (including phenoxy) is 1. The number of aryl methyl sites for hydroxylation is 1. The molecule has 0 saturated carbocycles. The van der Waals surface area contributed by atoms with E-state index in [9.17, 15) is 0 Å². The summed E-state index contributed by atoms with van der Waals surface area (Å²) in [6.07, 6.45) is 3.99. The summed E-state index contributed by atoms with van der Waals surface area (Å²) in [7, 11) is 2.00. The first-order chi connectivity index (χ1) is 12.9. The molecule has 0 radical (unpaired) electrons. The van der Waals surface area contributed by atoms with E-state index in [2.05, 4.69) is 25.8 Å². The summed E-state index contributed by atoms with van der Waals surface area (Å²) >= 11 is 6.05. The summed E-state index contributed by atoms with van der Waals surface area (Å²) in [6, 6.07) is 9.78. The van der Waals surface area contributed by atoms with Crippen molar-refractivity contribution >= 4 is 23.6 Å². The van der Waals surface area contributed by atoms with E-state index < -0.39 is 0 Å². The first kappa shape index (κ1) is 21.2. The van der Waals surface area contributed by atoms with Crippen LogP contribution in [-0.2, 0) is 0 Å². The number of halogens is 1. The second-order valence-electron chi connectivity index (χ2n) is 7.15. The molecule has 0 unspecified atom stereocenters. The lowest BCUT2D eigenvalue weighted by molar-refractivity contribution is 0.288. The van der Waals surface area contributed by atoms with Crippen molar-refractivity contribution in [1.82, 2.24) is 9.88 Å². The Labute approximate surface area is 168 Å². The second kappa shape index (κ2) is 10.3. The Hall–Kier alpha value is -2.07. The van der Waals surface area contributed by atoms with E-state index in [1.807, 2.05) is 55.5 Å². The van der Waals surface area contributed by atoms with Gasteiger partial charge in [-0.15, -0.1) is 0 Å². The second-order valence-corrected chi connectivity index (χ2v) is 7.59. The molecule has 2 rings (SSSR count). The minimum Gasteiger partial charge on any atom is -0.477 e. The average Bonchev–Trinajstić information content (AvgIpc) is 2.64. The molecule has 0 fully saturated rings. The molecule has 4 nitrogen and oxygen atoms in total. The third-order valence-corrected chi connectivity index (χ3v) is 4.62. The lowest BCUT2D eigenvalue weighted by atomic mass is 10.1. The lowest BCUT2D eigenvalue weighted by Gasteiger charge is -2.14. The number of nitrogens with zero attached hydrogens (tertiary/aromatic N) is 3. The van der Waals surface area contributed by atoms with Crippen LogP contribution >= 0.6 is 11.6 Å². The minimum absolute atomic E-state index is 0.654. The molecule has 0 aliphatic heterocycles. The maximum absolute atomic E-state index is 6.05. The highest BCUT2D eigenvalue weighted by Crippen LogP contribution is 2.34. The van der Waals surface area contributed by atoms with Crippen LogP contribution in [0.2, 0.25) is 5.02 Å². The monoisotopic (exact) mass is 387 g/mol. The molecule has 0 N–H and O–H groups in total. The van der Waals surface area contributed by atoms with Crippen LogP contribution in [0.5, 0.6) is 5.88 Å². The van der Waals surface area contributed by atoms with E-state index in [0.717, 1.165) is 41.9 Å². The van der Waals surface area contributed by atoms with Gasteiger partial charge in [0, 0.05) is 24.2 Å². The van der Waals surface area contributed by atoms with Crippen LogP contribution in [0.1, 0.15) is 39.3 Å². The zero-order valence-electron chi connectivity index (χ0n) is 17.0. The summed E-state index contributed by atoms with van der Waals surface area (Å²) in [4.78, 5) is 11.3. The Bertz CT molecular complexity index is 757. The summed E-state index contributed by atoms with van der Waals surface area (Å²) < 4.78 is 6.05. The van der Waals surface area contributed by atoms with E-state index in [0.29, 0.717) is 23.4 Å². The maximum Gasteiger partial charge on any atom is 0.221 e. The van der Waals surface area contributed by atoms with Gasteiger partial charge in [0.2, 0.25) is 5.88 Å². The summed E-state index contributed by atoms with van der Waals surface area (Å²) in [5, 5.41) is 0.709. The molecule has 0 amide bonds. The van der Waals surface area contributed by atoms with Gasteiger partial charge in [-0.2, -0.15) is 0 Å². The van der Waals surface area contributed by atoms with Gasteiger partial charge in [-0.3, -0.25) is 0 Å². The first-order valence-electron chi connectivity index (χ1n) is 9.55. The number of hydrogen-bond acceptors (Lipinski definition) is 3. The smallest absolute Gasteiger partial charge is 0.221 e. The topological polar surface area (TPSA) is 37.7 Å². The Morgan fingerprint density at radius 2 is 1.96 bits per heavy atom. The standard InChI is InChI=1S/C22H30ClN3O/c1-6-26(5)15-24-21-14-20(18-9-11-19(23)12-10-18)22(25-17(21)4)27-13-7-8-16(2)3/h9-12,14-16H,6-8,13H2,1-5H3/b24-15-. The van der Waals surface area contributed by atoms with Gasteiger partial charge in [-0.05, 0) is 56.4 Å². The Morgan fingerprint density at radius 3 is 2.59 bits per heavy atom. The third-order valence-electron chi connectivity index (χ3n) is 4.36. The Kier molecular flexibility index (Phi) is 8.11. The Balaban J connectivity index is 2.34. The van der Waals surface area contributed by atoms with E-state index >= 15 is 0 Å². The molecule has 146 valence electrons. The number of hydrogen-bond donors (Lipinski definition) is 0. The largest absolute Gasteiger partial charge is 0.477 e. The summed E-state index contributed by atoms with van der Waals surface area (Å²) in [6.45, 7) is 10.1. The fourth-order valence-electron chi connectivity index (χ4n) is 2.55. The maximum atomic E-state index is 6.05. The third kappa shape index (κ3) is 6.55. The van der Waals surface area contributed by atoms with Gasteiger partial charge < -0.3 is 9.64 Å². The molecule has 1 aromatic heterocycles. The van der Waals surface area contributed by atoms with Crippen LogP contribution in [0, 0.1) is 12.8 Å². The molecule has 0 aliphatic carbocycles. The predicted octanol–water partition coefficient (Wildman–Crippen LogP) is 6.14. The Morgan fingerprint density at radius 1 is 1.26 bits per heavy atom. The molecule has 1 aromatic carbocycles. The number of aliphatic imine (C=N–C) groups is 1. The van der Waals surface area contributed by atoms with Gasteiger partial charge in [-0.25, -0.2) is 9.98 Å². The van der Waals surface area contributed by atoms with Crippen molar-refractivity contribution in [3.8, 4) is 17.0 Å².